The average molecular weight is 680 g/mol. The first-order valence-corrected chi connectivity index (χ1v) is 19.0. The van der Waals surface area contributed by atoms with E-state index >= 15 is 0 Å². The Kier molecular flexibility index (Phi) is 54.9. The number of halogens is 1. The van der Waals surface area contributed by atoms with Crippen molar-refractivity contribution in [2.75, 3.05) is 13.1 Å². The van der Waals surface area contributed by atoms with Gasteiger partial charge in [-0.05, 0) is 71.1 Å². The number of benzene rings is 2. The van der Waals surface area contributed by atoms with Crippen molar-refractivity contribution in [1.29, 1.82) is 0 Å². The molecule has 0 saturated heterocycles. The molecule has 0 atom stereocenters. The molecule has 49 heavy (non-hydrogen) atoms. The molecule has 0 fully saturated rings. The molecule has 3 heteroatoms. The fourth-order valence-corrected chi connectivity index (χ4v) is 3.83. The third kappa shape index (κ3) is 38.9. The number of rotatable bonds is 13. The van der Waals surface area contributed by atoms with E-state index in [2.05, 4.69) is 65.0 Å². The number of allylic oxidation sites excluding steroid dienone is 9. The normalized spacial score (nSPS) is 9.71. The summed E-state index contributed by atoms with van der Waals surface area (Å²) in [5.74, 6) is 0.382. The number of amides is 1. The SMILES string of the molecule is C/C=C\C.C/C=C\C=C(C)C.CC.CC.CC.CCCC/C=C/C=C/F.CCCN(CCC)C(=O)CC(c1ccccc1)c1ccccc1. The van der Waals surface area contributed by atoms with Gasteiger partial charge in [0.15, 0.2) is 0 Å². The van der Waals surface area contributed by atoms with Gasteiger partial charge in [0.25, 0.3) is 0 Å². The number of carbonyl (C=O) groups is 1. The molecule has 0 aliphatic rings. The predicted octanol–water partition coefficient (Wildman–Crippen LogP) is 15.3. The van der Waals surface area contributed by atoms with Gasteiger partial charge in [0.2, 0.25) is 5.91 Å². The molecule has 2 aromatic rings. The van der Waals surface area contributed by atoms with Gasteiger partial charge in [-0.1, -0.05) is 184 Å². The number of hydrogen-bond donors (Lipinski definition) is 0. The lowest BCUT2D eigenvalue weighted by Gasteiger charge is -2.25. The van der Waals surface area contributed by atoms with Crippen molar-refractivity contribution in [3.8, 4) is 0 Å². The average Bonchev–Trinajstić information content (AvgIpc) is 3.16. The maximum absolute atomic E-state index is 12.8. The highest BCUT2D eigenvalue weighted by atomic mass is 19.1. The molecule has 0 saturated carbocycles. The molecule has 0 aliphatic heterocycles. The zero-order valence-corrected chi connectivity index (χ0v) is 34.4. The first-order chi connectivity index (χ1) is 23.9. The van der Waals surface area contributed by atoms with Crippen LogP contribution in [0.15, 0.2) is 121 Å². The molecule has 2 aromatic carbocycles. The van der Waals surface area contributed by atoms with Crippen molar-refractivity contribution in [2.24, 2.45) is 0 Å². The first kappa shape index (κ1) is 55.0. The molecule has 0 spiro atoms. The van der Waals surface area contributed by atoms with E-state index in [0.717, 1.165) is 32.4 Å². The highest BCUT2D eigenvalue weighted by Gasteiger charge is 2.21. The van der Waals surface area contributed by atoms with Crippen LogP contribution in [0.25, 0.3) is 0 Å². The van der Waals surface area contributed by atoms with Crippen molar-refractivity contribution >= 4 is 5.91 Å². The summed E-state index contributed by atoms with van der Waals surface area (Å²) in [6.07, 6.45) is 21.8. The standard InChI is InChI=1S/C21H27NO.C8H13F.C7H12.C4H8.3C2H6/c1-3-15-22(16-4-2)21(23)17-20(18-11-7-5-8-12-18)19-13-9-6-10-14-19;1-2-3-4-5-6-7-8-9;1-4-5-6-7(2)3;1-3-4-2;3*1-2/h5-14,20H,3-4,15-17H2,1-2H3;5-8H,2-4H2,1H3;4-6H,1-3H3;3-4H,1-2H3;3*1-2H3/b;6-5+,8-7+;5-4-;4-3-;;;. The summed E-state index contributed by atoms with van der Waals surface area (Å²) in [5, 5.41) is 0. The minimum Gasteiger partial charge on any atom is -0.343 e. The second-order valence-electron chi connectivity index (χ2n) is 10.3. The lowest BCUT2D eigenvalue weighted by atomic mass is 9.88. The Morgan fingerprint density at radius 3 is 1.43 bits per heavy atom. The van der Waals surface area contributed by atoms with Gasteiger partial charge in [0.05, 0.1) is 6.33 Å². The lowest BCUT2D eigenvalue weighted by molar-refractivity contribution is -0.131. The van der Waals surface area contributed by atoms with Crippen LogP contribution in [0, 0.1) is 0 Å². The van der Waals surface area contributed by atoms with E-state index in [9.17, 15) is 9.18 Å². The topological polar surface area (TPSA) is 20.3 Å². The zero-order valence-electron chi connectivity index (χ0n) is 34.4. The first-order valence-electron chi connectivity index (χ1n) is 19.0. The van der Waals surface area contributed by atoms with E-state index in [4.69, 9.17) is 0 Å². The van der Waals surface area contributed by atoms with E-state index < -0.39 is 0 Å². The van der Waals surface area contributed by atoms with Crippen LogP contribution >= 0.6 is 0 Å². The molecule has 0 aromatic heterocycles. The largest absolute Gasteiger partial charge is 0.343 e. The van der Waals surface area contributed by atoms with Gasteiger partial charge in [-0.25, -0.2) is 4.39 Å². The van der Waals surface area contributed by atoms with Gasteiger partial charge in [-0.2, -0.15) is 0 Å². The quantitative estimate of drug-likeness (QED) is 0.117. The molecule has 2 rings (SSSR count). The van der Waals surface area contributed by atoms with Crippen molar-refractivity contribution in [3.05, 3.63) is 132 Å². The van der Waals surface area contributed by atoms with Crippen LogP contribution in [0.4, 0.5) is 4.39 Å². The highest BCUT2D eigenvalue weighted by Crippen LogP contribution is 2.28. The van der Waals surface area contributed by atoms with Gasteiger partial charge in [-0.15, -0.1) is 0 Å². The summed E-state index contributed by atoms with van der Waals surface area (Å²) in [6.45, 7) is 30.3. The molecule has 0 aliphatic carbocycles. The van der Waals surface area contributed by atoms with Gasteiger partial charge in [-0.3, -0.25) is 4.79 Å². The van der Waals surface area contributed by atoms with Crippen molar-refractivity contribution < 1.29 is 9.18 Å². The van der Waals surface area contributed by atoms with Crippen molar-refractivity contribution in [1.82, 2.24) is 4.90 Å². The highest BCUT2D eigenvalue weighted by molar-refractivity contribution is 5.77. The molecule has 0 bridgehead atoms. The third-order valence-electron chi connectivity index (χ3n) is 6.12. The number of unbranched alkanes of at least 4 members (excludes halogenated alkanes) is 2. The molecule has 0 unspecified atom stereocenters. The third-order valence-corrected chi connectivity index (χ3v) is 6.12. The summed E-state index contributed by atoms with van der Waals surface area (Å²) < 4.78 is 11.3. The maximum Gasteiger partial charge on any atom is 0.223 e. The summed E-state index contributed by atoms with van der Waals surface area (Å²) >= 11 is 0. The Bertz CT molecular complexity index is 982. The molecular weight excluding hydrogens is 602 g/mol. The molecular formula is C46H78FNO. The number of nitrogens with zero attached hydrogens (tertiary/aromatic N) is 1. The molecule has 280 valence electrons. The van der Waals surface area contributed by atoms with Crippen LogP contribution in [0.2, 0.25) is 0 Å². The monoisotopic (exact) mass is 680 g/mol. The maximum atomic E-state index is 12.8. The minimum atomic E-state index is 0.126. The van der Waals surface area contributed by atoms with Crippen LogP contribution in [-0.4, -0.2) is 23.9 Å². The number of carbonyl (C=O) groups excluding carboxylic acids is 1. The Labute approximate surface area is 306 Å². The van der Waals surface area contributed by atoms with E-state index in [1.54, 1.807) is 6.08 Å². The van der Waals surface area contributed by atoms with E-state index in [0.29, 0.717) is 12.8 Å². The molecule has 1 amide bonds. The molecule has 0 N–H and O–H groups in total. The zero-order chi connectivity index (χ0) is 38.6. The number of hydrogen-bond acceptors (Lipinski definition) is 1. The second kappa shape index (κ2) is 48.9. The van der Waals surface area contributed by atoms with Crippen molar-refractivity contribution in [3.63, 3.8) is 0 Å². The lowest BCUT2D eigenvalue weighted by Crippen LogP contribution is -2.33. The smallest absolute Gasteiger partial charge is 0.223 e. The van der Waals surface area contributed by atoms with Gasteiger partial charge in [0.1, 0.15) is 0 Å². The second-order valence-corrected chi connectivity index (χ2v) is 10.3. The summed E-state index contributed by atoms with van der Waals surface area (Å²) in [7, 11) is 0. The van der Waals surface area contributed by atoms with Gasteiger partial charge >= 0.3 is 0 Å². The molecule has 2 nitrogen and oxygen atoms in total. The van der Waals surface area contributed by atoms with Crippen LogP contribution < -0.4 is 0 Å². The molecule has 0 heterocycles. The van der Waals surface area contributed by atoms with Crippen LogP contribution in [0.3, 0.4) is 0 Å². The summed E-state index contributed by atoms with van der Waals surface area (Å²) in [5.41, 5.74) is 3.76. The van der Waals surface area contributed by atoms with Crippen LogP contribution in [0.1, 0.15) is 153 Å². The Balaban J connectivity index is -0.000000205. The van der Waals surface area contributed by atoms with E-state index in [-0.39, 0.29) is 11.8 Å². The minimum absolute atomic E-state index is 0.126. The fourth-order valence-electron chi connectivity index (χ4n) is 3.83. The summed E-state index contributed by atoms with van der Waals surface area (Å²) in [6, 6.07) is 20.7. The van der Waals surface area contributed by atoms with E-state index in [1.165, 1.54) is 35.6 Å². The van der Waals surface area contributed by atoms with E-state index in [1.807, 2.05) is 134 Å². The molecule has 0 radical (unpaired) electrons. The summed E-state index contributed by atoms with van der Waals surface area (Å²) in [4.78, 5) is 14.8. The fraction of sp³-hybridized carbons (Fsp3) is 0.500. The Morgan fingerprint density at radius 2 is 1.12 bits per heavy atom. The van der Waals surface area contributed by atoms with Crippen LogP contribution in [0.5, 0.6) is 0 Å². The van der Waals surface area contributed by atoms with Gasteiger partial charge < -0.3 is 4.90 Å². The Morgan fingerprint density at radius 1 is 0.673 bits per heavy atom. The Hall–Kier alpha value is -3.46. The van der Waals surface area contributed by atoms with Crippen molar-refractivity contribution in [2.45, 2.75) is 141 Å². The predicted molar refractivity (Wildman–Crippen MR) is 224 cm³/mol. The van der Waals surface area contributed by atoms with Crippen LogP contribution in [-0.2, 0) is 4.79 Å². The van der Waals surface area contributed by atoms with Gasteiger partial charge in [0, 0.05) is 25.4 Å².